The highest BCUT2D eigenvalue weighted by molar-refractivity contribution is 5.88. The molecule has 6 heteroatoms. The molecule has 1 N–H and O–H groups in total. The molecule has 20 heavy (non-hydrogen) atoms. The second kappa shape index (κ2) is 5.36. The van der Waals surface area contributed by atoms with Crippen LogP contribution in [-0.4, -0.2) is 16.1 Å². The fourth-order valence-corrected chi connectivity index (χ4v) is 1.58. The highest BCUT2D eigenvalue weighted by Crippen LogP contribution is 2.23. The summed E-state index contributed by atoms with van der Waals surface area (Å²) in [5, 5.41) is 17.6. The van der Waals surface area contributed by atoms with Crippen molar-refractivity contribution in [2.45, 2.75) is 6.92 Å². The molecule has 2 rings (SSSR count). The molecule has 0 spiro atoms. The number of pyridine rings is 1. The van der Waals surface area contributed by atoms with E-state index in [9.17, 15) is 9.18 Å². The molecule has 0 aliphatic rings. The van der Waals surface area contributed by atoms with Crippen LogP contribution in [0.4, 0.5) is 4.39 Å². The SMILES string of the molecule is Cc1cc(C(=O)O)cc(Oc2ccc(C#N)c(F)c2)n1. The topological polar surface area (TPSA) is 83.2 Å². The predicted octanol–water partition coefficient (Wildman–Crippen LogP) is 2.89. The van der Waals surface area contributed by atoms with E-state index in [4.69, 9.17) is 15.1 Å². The number of halogens is 1. The molecule has 0 unspecified atom stereocenters. The van der Waals surface area contributed by atoms with Gasteiger partial charge in [0.25, 0.3) is 0 Å². The van der Waals surface area contributed by atoms with Gasteiger partial charge in [0.15, 0.2) is 0 Å². The van der Waals surface area contributed by atoms with E-state index in [1.807, 2.05) is 0 Å². The van der Waals surface area contributed by atoms with Crippen molar-refractivity contribution in [1.82, 2.24) is 4.98 Å². The number of rotatable bonds is 3. The first kappa shape index (κ1) is 13.5. The second-order valence-electron chi connectivity index (χ2n) is 4.00. The molecule has 0 saturated heterocycles. The molecule has 0 bridgehead atoms. The maximum absolute atomic E-state index is 13.4. The van der Waals surface area contributed by atoms with Crippen molar-refractivity contribution in [3.63, 3.8) is 0 Å². The van der Waals surface area contributed by atoms with E-state index in [-0.39, 0.29) is 22.8 Å². The summed E-state index contributed by atoms with van der Waals surface area (Å²) in [6, 6.07) is 8.06. The van der Waals surface area contributed by atoms with E-state index >= 15 is 0 Å². The van der Waals surface area contributed by atoms with Gasteiger partial charge < -0.3 is 9.84 Å². The van der Waals surface area contributed by atoms with Crippen molar-refractivity contribution in [3.8, 4) is 17.7 Å². The molecule has 1 aromatic heterocycles. The highest BCUT2D eigenvalue weighted by atomic mass is 19.1. The number of benzene rings is 1. The van der Waals surface area contributed by atoms with E-state index in [0.717, 1.165) is 6.07 Å². The van der Waals surface area contributed by atoms with Gasteiger partial charge >= 0.3 is 5.97 Å². The Kier molecular flexibility index (Phi) is 3.62. The van der Waals surface area contributed by atoms with Crippen molar-refractivity contribution in [2.24, 2.45) is 0 Å². The Morgan fingerprint density at radius 2 is 2.15 bits per heavy atom. The van der Waals surface area contributed by atoms with Crippen LogP contribution in [-0.2, 0) is 0 Å². The van der Waals surface area contributed by atoms with Crippen LogP contribution in [0.1, 0.15) is 21.6 Å². The molecule has 0 fully saturated rings. The standard InChI is InChI=1S/C14H9FN2O3/c1-8-4-10(14(18)19)5-13(17-8)20-11-3-2-9(7-16)12(15)6-11/h2-6H,1H3,(H,18,19). The molecule has 5 nitrogen and oxygen atoms in total. The number of aromatic nitrogens is 1. The summed E-state index contributed by atoms with van der Waals surface area (Å²) >= 11 is 0. The lowest BCUT2D eigenvalue weighted by Crippen LogP contribution is -2.00. The molecule has 0 saturated carbocycles. The Morgan fingerprint density at radius 3 is 2.75 bits per heavy atom. The number of hydrogen-bond donors (Lipinski definition) is 1. The largest absolute Gasteiger partial charge is 0.478 e. The Bertz CT molecular complexity index is 723. The van der Waals surface area contributed by atoms with Gasteiger partial charge in [0, 0.05) is 17.8 Å². The first-order valence-electron chi connectivity index (χ1n) is 5.59. The maximum atomic E-state index is 13.4. The van der Waals surface area contributed by atoms with Crippen LogP contribution in [0, 0.1) is 24.1 Å². The van der Waals surface area contributed by atoms with Crippen molar-refractivity contribution >= 4 is 5.97 Å². The summed E-state index contributed by atoms with van der Waals surface area (Å²) in [7, 11) is 0. The lowest BCUT2D eigenvalue weighted by Gasteiger charge is -2.07. The monoisotopic (exact) mass is 272 g/mol. The average Bonchev–Trinajstić information content (AvgIpc) is 2.38. The summed E-state index contributed by atoms with van der Waals surface area (Å²) in [5.41, 5.74) is 0.399. The molecule has 0 aliphatic heterocycles. The zero-order valence-electron chi connectivity index (χ0n) is 10.4. The predicted molar refractivity (Wildman–Crippen MR) is 67.1 cm³/mol. The van der Waals surface area contributed by atoms with Crippen molar-refractivity contribution in [2.75, 3.05) is 0 Å². The highest BCUT2D eigenvalue weighted by Gasteiger charge is 2.09. The van der Waals surface area contributed by atoms with Gasteiger partial charge in [-0.15, -0.1) is 0 Å². The summed E-state index contributed by atoms with van der Waals surface area (Å²) < 4.78 is 18.7. The quantitative estimate of drug-likeness (QED) is 0.928. The number of ether oxygens (including phenoxy) is 1. The normalized spacial score (nSPS) is 9.85. The summed E-state index contributed by atoms with van der Waals surface area (Å²) in [6.45, 7) is 1.62. The van der Waals surface area contributed by atoms with Crippen LogP contribution in [0.5, 0.6) is 11.6 Å². The summed E-state index contributed by atoms with van der Waals surface area (Å²) in [5.74, 6) is -1.63. The molecule has 1 aromatic carbocycles. The van der Waals surface area contributed by atoms with Gasteiger partial charge in [-0.1, -0.05) is 0 Å². The second-order valence-corrected chi connectivity index (χ2v) is 4.00. The zero-order chi connectivity index (χ0) is 14.7. The van der Waals surface area contributed by atoms with Crippen molar-refractivity contribution in [3.05, 3.63) is 53.0 Å². The van der Waals surface area contributed by atoms with Gasteiger partial charge in [0.1, 0.15) is 17.6 Å². The van der Waals surface area contributed by atoms with Crippen LogP contribution < -0.4 is 4.74 Å². The number of carboxylic acid groups (broad SMARTS) is 1. The lowest BCUT2D eigenvalue weighted by molar-refractivity contribution is 0.0696. The third-order valence-electron chi connectivity index (χ3n) is 2.46. The number of carboxylic acids is 1. The van der Waals surface area contributed by atoms with Gasteiger partial charge in [0.2, 0.25) is 5.88 Å². The van der Waals surface area contributed by atoms with Crippen LogP contribution in [0.15, 0.2) is 30.3 Å². The van der Waals surface area contributed by atoms with E-state index in [1.54, 1.807) is 13.0 Å². The number of aromatic carboxylic acids is 1. The van der Waals surface area contributed by atoms with Crippen molar-refractivity contribution < 1.29 is 19.0 Å². The van der Waals surface area contributed by atoms with Gasteiger partial charge in [-0.3, -0.25) is 0 Å². The number of nitriles is 1. The van der Waals surface area contributed by atoms with Crippen LogP contribution in [0.2, 0.25) is 0 Å². The first-order chi connectivity index (χ1) is 9.49. The van der Waals surface area contributed by atoms with Crippen LogP contribution >= 0.6 is 0 Å². The van der Waals surface area contributed by atoms with Gasteiger partial charge in [-0.05, 0) is 25.1 Å². The van der Waals surface area contributed by atoms with Crippen molar-refractivity contribution in [1.29, 1.82) is 5.26 Å². The third-order valence-corrected chi connectivity index (χ3v) is 2.46. The molecule has 1 heterocycles. The fourth-order valence-electron chi connectivity index (χ4n) is 1.58. The smallest absolute Gasteiger partial charge is 0.335 e. The number of nitrogens with zero attached hydrogens (tertiary/aromatic N) is 2. The van der Waals surface area contributed by atoms with E-state index in [2.05, 4.69) is 4.98 Å². The minimum absolute atomic E-state index is 0.0293. The Morgan fingerprint density at radius 1 is 1.40 bits per heavy atom. The molecule has 0 aliphatic carbocycles. The lowest BCUT2D eigenvalue weighted by atomic mass is 10.2. The van der Waals surface area contributed by atoms with E-state index < -0.39 is 11.8 Å². The van der Waals surface area contributed by atoms with E-state index in [1.165, 1.54) is 24.3 Å². The first-order valence-corrected chi connectivity index (χ1v) is 5.59. The van der Waals surface area contributed by atoms with Gasteiger partial charge in [0.05, 0.1) is 11.1 Å². The number of aryl methyl sites for hydroxylation is 1. The molecule has 100 valence electrons. The van der Waals surface area contributed by atoms with Crippen LogP contribution in [0.3, 0.4) is 0 Å². The number of hydrogen-bond acceptors (Lipinski definition) is 4. The molecule has 0 radical (unpaired) electrons. The molecular weight excluding hydrogens is 263 g/mol. The Labute approximate surface area is 113 Å². The molecule has 0 amide bonds. The summed E-state index contributed by atoms with van der Waals surface area (Å²) in [4.78, 5) is 14.9. The Balaban J connectivity index is 2.33. The molecular formula is C14H9FN2O3. The molecule has 2 aromatic rings. The van der Waals surface area contributed by atoms with Gasteiger partial charge in [-0.2, -0.15) is 5.26 Å². The summed E-state index contributed by atoms with van der Waals surface area (Å²) in [6.07, 6.45) is 0. The van der Waals surface area contributed by atoms with Gasteiger partial charge in [-0.25, -0.2) is 14.2 Å². The Hall–Kier alpha value is -2.94. The van der Waals surface area contributed by atoms with Crippen LogP contribution in [0.25, 0.3) is 0 Å². The average molecular weight is 272 g/mol. The minimum Gasteiger partial charge on any atom is -0.478 e. The maximum Gasteiger partial charge on any atom is 0.335 e. The minimum atomic E-state index is -1.11. The molecule has 0 atom stereocenters. The fraction of sp³-hybridized carbons (Fsp3) is 0.0714. The number of carbonyl (C=O) groups is 1. The zero-order valence-corrected chi connectivity index (χ0v) is 10.4. The van der Waals surface area contributed by atoms with E-state index in [0.29, 0.717) is 5.69 Å². The third kappa shape index (κ3) is 2.90.